The van der Waals surface area contributed by atoms with Gasteiger partial charge in [-0.3, -0.25) is 9.80 Å². The minimum absolute atomic E-state index is 0.0517. The number of pyridine rings is 1. The first-order valence-electron chi connectivity index (χ1n) is 11.2. The van der Waals surface area contributed by atoms with Crippen LogP contribution >= 0.6 is 0 Å². The molecule has 1 saturated carbocycles. The fourth-order valence-corrected chi connectivity index (χ4v) is 4.61. The second-order valence-corrected chi connectivity index (χ2v) is 8.72. The van der Waals surface area contributed by atoms with Gasteiger partial charge >= 0.3 is 0 Å². The Bertz CT molecular complexity index is 654. The molecular formula is C22H35N5O. The van der Waals surface area contributed by atoms with E-state index in [0.29, 0.717) is 11.6 Å². The highest BCUT2D eigenvalue weighted by molar-refractivity contribution is 5.92. The maximum Gasteiger partial charge on any atom is 0.269 e. The van der Waals surface area contributed by atoms with Crippen molar-refractivity contribution in [1.82, 2.24) is 20.6 Å². The summed E-state index contributed by atoms with van der Waals surface area (Å²) in [4.78, 5) is 19.6. The van der Waals surface area contributed by atoms with Crippen molar-refractivity contribution in [3.05, 3.63) is 23.9 Å². The number of hydrazine groups is 1. The Morgan fingerprint density at radius 3 is 2.71 bits per heavy atom. The average Bonchev–Trinajstić information content (AvgIpc) is 3.59. The van der Waals surface area contributed by atoms with Gasteiger partial charge in [0, 0.05) is 19.6 Å². The Labute approximate surface area is 169 Å². The number of rotatable bonds is 6. The van der Waals surface area contributed by atoms with E-state index in [1.54, 1.807) is 0 Å². The van der Waals surface area contributed by atoms with Crippen LogP contribution in [0.1, 0.15) is 55.9 Å². The van der Waals surface area contributed by atoms with Gasteiger partial charge in [0.05, 0.1) is 0 Å². The monoisotopic (exact) mass is 385 g/mol. The topological polar surface area (TPSA) is 60.5 Å². The molecule has 28 heavy (non-hydrogen) atoms. The van der Waals surface area contributed by atoms with Gasteiger partial charge in [-0.15, -0.1) is 0 Å². The highest BCUT2D eigenvalue weighted by Crippen LogP contribution is 2.30. The number of aromatic nitrogens is 1. The molecule has 154 valence electrons. The first-order valence-corrected chi connectivity index (χ1v) is 11.2. The fourth-order valence-electron chi connectivity index (χ4n) is 4.61. The van der Waals surface area contributed by atoms with E-state index >= 15 is 0 Å². The lowest BCUT2D eigenvalue weighted by Gasteiger charge is -2.35. The number of likely N-dealkylation sites (tertiary alicyclic amines) is 1. The first kappa shape index (κ1) is 19.6. The number of carbonyl (C=O) groups is 1. The standard InChI is InChI=1S/C22H35N5O/c1-2-26-13-10-18(11-14-26)19-5-4-12-27(24-16-19)21-7-3-6-20(25-21)22(28)23-15-17-8-9-17/h3,6-7,17-19,24H,2,4-5,8-16H2,1H3,(H,23,28). The van der Waals surface area contributed by atoms with E-state index < -0.39 is 0 Å². The summed E-state index contributed by atoms with van der Waals surface area (Å²) in [5, 5.41) is 5.17. The molecule has 1 aromatic heterocycles. The van der Waals surface area contributed by atoms with Crippen molar-refractivity contribution in [2.75, 3.05) is 44.3 Å². The van der Waals surface area contributed by atoms with Gasteiger partial charge in [-0.05, 0) is 88.0 Å². The van der Waals surface area contributed by atoms with Gasteiger partial charge in [-0.25, -0.2) is 10.4 Å². The summed E-state index contributed by atoms with van der Waals surface area (Å²) in [6.45, 7) is 8.69. The van der Waals surface area contributed by atoms with Gasteiger partial charge in [0.15, 0.2) is 0 Å². The van der Waals surface area contributed by atoms with E-state index in [-0.39, 0.29) is 5.91 Å². The molecule has 1 atom stereocenters. The summed E-state index contributed by atoms with van der Waals surface area (Å²) in [5.74, 6) is 3.07. The van der Waals surface area contributed by atoms with Gasteiger partial charge in [0.2, 0.25) is 0 Å². The Kier molecular flexibility index (Phi) is 6.47. The predicted molar refractivity (Wildman–Crippen MR) is 112 cm³/mol. The van der Waals surface area contributed by atoms with Crippen molar-refractivity contribution in [3.8, 4) is 0 Å². The van der Waals surface area contributed by atoms with Crippen LogP contribution in [0.25, 0.3) is 0 Å². The van der Waals surface area contributed by atoms with Gasteiger partial charge in [0.1, 0.15) is 11.5 Å². The van der Waals surface area contributed by atoms with Crippen molar-refractivity contribution in [1.29, 1.82) is 0 Å². The Morgan fingerprint density at radius 2 is 1.96 bits per heavy atom. The van der Waals surface area contributed by atoms with Crippen LogP contribution in [0, 0.1) is 17.8 Å². The average molecular weight is 386 g/mol. The Hall–Kier alpha value is -1.66. The summed E-state index contributed by atoms with van der Waals surface area (Å²) >= 11 is 0. The lowest BCUT2D eigenvalue weighted by atomic mass is 9.82. The quantitative estimate of drug-likeness (QED) is 0.788. The minimum atomic E-state index is -0.0517. The number of nitrogens with zero attached hydrogens (tertiary/aromatic N) is 3. The zero-order valence-electron chi connectivity index (χ0n) is 17.2. The fraction of sp³-hybridized carbons (Fsp3) is 0.727. The molecule has 0 aromatic carbocycles. The van der Waals surface area contributed by atoms with Crippen molar-refractivity contribution in [2.45, 2.75) is 45.4 Å². The van der Waals surface area contributed by atoms with Crippen LogP contribution in [0.2, 0.25) is 0 Å². The molecule has 1 amide bonds. The van der Waals surface area contributed by atoms with Crippen molar-refractivity contribution >= 4 is 11.7 Å². The van der Waals surface area contributed by atoms with E-state index in [0.717, 1.165) is 37.3 Å². The van der Waals surface area contributed by atoms with Crippen LogP contribution in [-0.4, -0.2) is 55.1 Å². The van der Waals surface area contributed by atoms with Crippen LogP contribution in [0.4, 0.5) is 5.82 Å². The molecule has 0 spiro atoms. The maximum absolute atomic E-state index is 12.4. The summed E-state index contributed by atoms with van der Waals surface area (Å²) < 4.78 is 0. The van der Waals surface area contributed by atoms with E-state index in [2.05, 4.69) is 32.6 Å². The molecule has 3 aliphatic rings. The number of carbonyl (C=O) groups excluding carboxylic acids is 1. The number of amides is 1. The maximum atomic E-state index is 12.4. The zero-order chi connectivity index (χ0) is 19.3. The number of hydrogen-bond donors (Lipinski definition) is 2. The molecule has 1 unspecified atom stereocenters. The van der Waals surface area contributed by atoms with Crippen molar-refractivity contribution in [3.63, 3.8) is 0 Å². The number of piperidine rings is 1. The van der Waals surface area contributed by atoms with Crippen LogP contribution in [-0.2, 0) is 0 Å². The van der Waals surface area contributed by atoms with Crippen molar-refractivity contribution < 1.29 is 4.79 Å². The second-order valence-electron chi connectivity index (χ2n) is 8.72. The van der Waals surface area contributed by atoms with Crippen LogP contribution in [0.3, 0.4) is 0 Å². The molecule has 1 aromatic rings. The highest BCUT2D eigenvalue weighted by atomic mass is 16.1. The molecule has 0 radical (unpaired) electrons. The lowest BCUT2D eigenvalue weighted by molar-refractivity contribution is 0.0947. The SMILES string of the molecule is CCN1CCC(C2CCCN(c3cccc(C(=O)NCC4CC4)n3)NC2)CC1. The third kappa shape index (κ3) is 5.03. The number of hydrogen-bond acceptors (Lipinski definition) is 5. The Morgan fingerprint density at radius 1 is 1.14 bits per heavy atom. The molecule has 2 N–H and O–H groups in total. The van der Waals surface area contributed by atoms with E-state index in [9.17, 15) is 4.79 Å². The van der Waals surface area contributed by atoms with Gasteiger partial charge < -0.3 is 10.2 Å². The minimum Gasteiger partial charge on any atom is -0.350 e. The van der Waals surface area contributed by atoms with E-state index in [1.807, 2.05) is 18.2 Å². The van der Waals surface area contributed by atoms with E-state index in [1.165, 1.54) is 58.2 Å². The first-order chi connectivity index (χ1) is 13.7. The van der Waals surface area contributed by atoms with E-state index in [4.69, 9.17) is 0 Å². The third-order valence-electron chi connectivity index (χ3n) is 6.74. The van der Waals surface area contributed by atoms with Crippen LogP contribution in [0.5, 0.6) is 0 Å². The third-order valence-corrected chi connectivity index (χ3v) is 6.74. The van der Waals surface area contributed by atoms with Gasteiger partial charge in [-0.1, -0.05) is 13.0 Å². The largest absolute Gasteiger partial charge is 0.350 e. The number of anilines is 1. The van der Waals surface area contributed by atoms with Crippen LogP contribution in [0.15, 0.2) is 18.2 Å². The molecule has 4 rings (SSSR count). The summed E-state index contributed by atoms with van der Waals surface area (Å²) in [5.41, 5.74) is 4.14. The number of nitrogens with one attached hydrogen (secondary N) is 2. The molecule has 6 nitrogen and oxygen atoms in total. The summed E-state index contributed by atoms with van der Waals surface area (Å²) in [7, 11) is 0. The van der Waals surface area contributed by atoms with Gasteiger partial charge in [0.25, 0.3) is 5.91 Å². The summed E-state index contributed by atoms with van der Waals surface area (Å²) in [6, 6.07) is 5.76. The molecule has 2 aliphatic heterocycles. The molecule has 1 aliphatic carbocycles. The summed E-state index contributed by atoms with van der Waals surface area (Å²) in [6.07, 6.45) is 7.59. The molecule has 3 heterocycles. The van der Waals surface area contributed by atoms with Crippen LogP contribution < -0.4 is 15.8 Å². The van der Waals surface area contributed by atoms with Crippen molar-refractivity contribution in [2.24, 2.45) is 17.8 Å². The molecule has 6 heteroatoms. The molecule has 2 saturated heterocycles. The zero-order valence-corrected chi connectivity index (χ0v) is 17.2. The lowest BCUT2D eigenvalue weighted by Crippen LogP contribution is -2.42. The molecule has 0 bridgehead atoms. The molecule has 3 fully saturated rings. The predicted octanol–water partition coefficient (Wildman–Crippen LogP) is 2.67. The van der Waals surface area contributed by atoms with Gasteiger partial charge in [-0.2, -0.15) is 0 Å². The Balaban J connectivity index is 1.32. The second kappa shape index (κ2) is 9.23. The molecular weight excluding hydrogens is 350 g/mol. The normalized spacial score (nSPS) is 24.8. The smallest absolute Gasteiger partial charge is 0.269 e. The highest BCUT2D eigenvalue weighted by Gasteiger charge is 2.28.